The molecule has 2 aromatic rings. The molecule has 0 aromatic heterocycles. The first-order valence-electron chi connectivity index (χ1n) is 9.35. The van der Waals surface area contributed by atoms with E-state index in [0.29, 0.717) is 17.0 Å². The third-order valence-corrected chi connectivity index (χ3v) is 7.15. The molecule has 29 heavy (non-hydrogen) atoms. The second kappa shape index (κ2) is 8.86. The minimum Gasteiger partial charge on any atom is -0.394 e. The first kappa shape index (κ1) is 22.4. The van der Waals surface area contributed by atoms with Crippen LogP contribution in [0.4, 0.5) is 0 Å². The summed E-state index contributed by atoms with van der Waals surface area (Å²) in [7, 11) is -2.32. The molecule has 6 nitrogen and oxygen atoms in total. The lowest BCUT2D eigenvalue weighted by Crippen LogP contribution is -2.55. The summed E-state index contributed by atoms with van der Waals surface area (Å²) in [6, 6.07) is 12.7. The van der Waals surface area contributed by atoms with Crippen LogP contribution in [-0.2, 0) is 15.7 Å². The van der Waals surface area contributed by atoms with E-state index >= 15 is 0 Å². The number of ether oxygens (including phenoxy) is 1. The molecule has 0 bridgehead atoms. The molecular weight excluding hydrogens is 415 g/mol. The van der Waals surface area contributed by atoms with Crippen molar-refractivity contribution < 1.29 is 29.7 Å². The van der Waals surface area contributed by atoms with Gasteiger partial charge in [0, 0.05) is 10.3 Å². The first-order chi connectivity index (χ1) is 13.6. The fourth-order valence-corrected chi connectivity index (χ4v) is 4.53. The molecule has 158 valence electrons. The Bertz CT molecular complexity index is 895. The molecule has 1 saturated heterocycles. The zero-order valence-electron chi connectivity index (χ0n) is 16.3. The van der Waals surface area contributed by atoms with Crippen LogP contribution in [0, 0.1) is 0 Å². The minimum absolute atomic E-state index is 0.479. The SMILES string of the molecule is CP(C)(=O)c1ccc(Cc2cc([C@@H]3O[C@H](CO)[C@@H](O)[C@H](O)[C@H]3O)ccc2Cl)cc1. The second-order valence-electron chi connectivity index (χ2n) is 7.79. The van der Waals surface area contributed by atoms with Crippen molar-refractivity contribution in [2.24, 2.45) is 0 Å². The maximum Gasteiger partial charge on any atom is 0.113 e. The van der Waals surface area contributed by atoms with Crippen LogP contribution in [0.1, 0.15) is 22.8 Å². The summed E-state index contributed by atoms with van der Waals surface area (Å²) in [5.41, 5.74) is 2.37. The number of aliphatic hydroxyl groups excluding tert-OH is 4. The van der Waals surface area contributed by atoms with Crippen LogP contribution >= 0.6 is 18.7 Å². The standard InChI is InChI=1S/C21H26ClO6P/c1-29(2,27)15-6-3-12(4-7-15)9-14-10-13(5-8-16(14)22)21-20(26)19(25)18(24)17(11-23)28-21/h3-8,10,17-21,23-26H,9,11H2,1-2H3/t17-,18-,19+,20-,21+/m1/s1. The van der Waals surface area contributed by atoms with Crippen molar-refractivity contribution in [2.45, 2.75) is 36.9 Å². The van der Waals surface area contributed by atoms with Crippen molar-refractivity contribution in [1.29, 1.82) is 0 Å². The molecule has 0 saturated carbocycles. The fraction of sp³-hybridized carbons (Fsp3) is 0.429. The quantitative estimate of drug-likeness (QED) is 0.527. The average Bonchev–Trinajstić information content (AvgIpc) is 2.68. The summed E-state index contributed by atoms with van der Waals surface area (Å²) < 4.78 is 17.8. The van der Waals surface area contributed by atoms with Gasteiger partial charge in [-0.2, -0.15) is 0 Å². The number of rotatable bonds is 5. The number of halogens is 1. The Morgan fingerprint density at radius 3 is 2.24 bits per heavy atom. The summed E-state index contributed by atoms with van der Waals surface area (Å²) in [6.45, 7) is 2.97. The van der Waals surface area contributed by atoms with Crippen LogP contribution in [0.3, 0.4) is 0 Å². The highest BCUT2D eigenvalue weighted by molar-refractivity contribution is 7.70. The first-order valence-corrected chi connectivity index (χ1v) is 12.3. The molecular formula is C21H26ClO6P. The lowest BCUT2D eigenvalue weighted by molar-refractivity contribution is -0.231. The van der Waals surface area contributed by atoms with Gasteiger partial charge in [0.25, 0.3) is 0 Å². The summed E-state index contributed by atoms with van der Waals surface area (Å²) in [6.07, 6.45) is -5.54. The number of hydrogen-bond donors (Lipinski definition) is 4. The van der Waals surface area contributed by atoms with E-state index in [2.05, 4.69) is 0 Å². The lowest BCUT2D eigenvalue weighted by Gasteiger charge is -2.40. The normalized spacial score (nSPS) is 27.8. The van der Waals surface area contributed by atoms with Crippen molar-refractivity contribution in [3.8, 4) is 0 Å². The van der Waals surface area contributed by atoms with Gasteiger partial charge in [0.15, 0.2) is 0 Å². The minimum atomic E-state index is -2.32. The molecule has 1 heterocycles. The van der Waals surface area contributed by atoms with Crippen LogP contribution in [0.2, 0.25) is 5.02 Å². The third-order valence-electron chi connectivity index (χ3n) is 5.24. The Morgan fingerprint density at radius 2 is 1.66 bits per heavy atom. The average molecular weight is 441 g/mol. The zero-order valence-corrected chi connectivity index (χ0v) is 17.9. The highest BCUT2D eigenvalue weighted by atomic mass is 35.5. The molecule has 4 N–H and O–H groups in total. The van der Waals surface area contributed by atoms with Crippen molar-refractivity contribution >= 4 is 24.0 Å². The molecule has 0 radical (unpaired) electrons. The van der Waals surface area contributed by atoms with Crippen molar-refractivity contribution in [3.05, 3.63) is 64.2 Å². The van der Waals surface area contributed by atoms with Gasteiger partial charge in [-0.15, -0.1) is 0 Å². The summed E-state index contributed by atoms with van der Waals surface area (Å²) >= 11 is 6.36. The maximum absolute atomic E-state index is 12.2. The summed E-state index contributed by atoms with van der Waals surface area (Å²) in [5, 5.41) is 41.1. The Morgan fingerprint density at radius 1 is 1.00 bits per heavy atom. The Balaban J connectivity index is 1.85. The van der Waals surface area contributed by atoms with Crippen LogP contribution in [0.5, 0.6) is 0 Å². The summed E-state index contributed by atoms with van der Waals surface area (Å²) in [4.78, 5) is 0. The summed E-state index contributed by atoms with van der Waals surface area (Å²) in [5.74, 6) is 0. The molecule has 5 atom stereocenters. The van der Waals surface area contributed by atoms with Gasteiger partial charge >= 0.3 is 0 Å². The molecule has 8 heteroatoms. The molecule has 0 spiro atoms. The van der Waals surface area contributed by atoms with E-state index in [9.17, 15) is 25.0 Å². The smallest absolute Gasteiger partial charge is 0.113 e. The predicted octanol–water partition coefficient (Wildman–Crippen LogP) is 1.69. The highest BCUT2D eigenvalue weighted by Gasteiger charge is 2.44. The van der Waals surface area contributed by atoms with Crippen LogP contribution in [-0.4, -0.2) is 64.8 Å². The van der Waals surface area contributed by atoms with Gasteiger partial charge in [-0.05, 0) is 42.5 Å². The molecule has 1 aliphatic heterocycles. The largest absolute Gasteiger partial charge is 0.394 e. The third kappa shape index (κ3) is 4.92. The Labute approximate surface area is 175 Å². The van der Waals surface area contributed by atoms with Crippen LogP contribution in [0.25, 0.3) is 0 Å². The van der Waals surface area contributed by atoms with E-state index < -0.39 is 44.3 Å². The van der Waals surface area contributed by atoms with Crippen LogP contribution < -0.4 is 5.30 Å². The predicted molar refractivity (Wildman–Crippen MR) is 113 cm³/mol. The van der Waals surface area contributed by atoms with Gasteiger partial charge in [-0.25, -0.2) is 0 Å². The van der Waals surface area contributed by atoms with Crippen molar-refractivity contribution in [1.82, 2.24) is 0 Å². The fourth-order valence-electron chi connectivity index (χ4n) is 3.48. The number of aliphatic hydroxyl groups is 4. The second-order valence-corrected chi connectivity index (χ2v) is 11.4. The molecule has 0 unspecified atom stereocenters. The van der Waals surface area contributed by atoms with Crippen molar-refractivity contribution in [2.75, 3.05) is 19.9 Å². The van der Waals surface area contributed by atoms with Gasteiger partial charge < -0.3 is 29.7 Å². The van der Waals surface area contributed by atoms with Gasteiger partial charge in [0.2, 0.25) is 0 Å². The van der Waals surface area contributed by atoms with Gasteiger partial charge in [-0.3, -0.25) is 0 Å². The Hall–Kier alpha value is -1.24. The van der Waals surface area contributed by atoms with Gasteiger partial charge in [0.1, 0.15) is 37.7 Å². The van der Waals surface area contributed by atoms with E-state index in [1.165, 1.54) is 0 Å². The van der Waals surface area contributed by atoms with E-state index in [4.69, 9.17) is 16.3 Å². The van der Waals surface area contributed by atoms with Gasteiger partial charge in [-0.1, -0.05) is 48.0 Å². The molecule has 1 fully saturated rings. The lowest BCUT2D eigenvalue weighted by atomic mass is 9.90. The van der Waals surface area contributed by atoms with E-state index in [0.717, 1.165) is 16.4 Å². The number of benzene rings is 2. The zero-order chi connectivity index (χ0) is 21.3. The van der Waals surface area contributed by atoms with E-state index in [-0.39, 0.29) is 0 Å². The highest BCUT2D eigenvalue weighted by Crippen LogP contribution is 2.36. The molecule has 3 rings (SSSR count). The molecule has 0 aliphatic carbocycles. The van der Waals surface area contributed by atoms with Crippen molar-refractivity contribution in [3.63, 3.8) is 0 Å². The molecule has 2 aromatic carbocycles. The maximum atomic E-state index is 12.2. The van der Waals surface area contributed by atoms with E-state index in [1.807, 2.05) is 24.3 Å². The van der Waals surface area contributed by atoms with Crippen LogP contribution in [0.15, 0.2) is 42.5 Å². The monoisotopic (exact) mass is 440 g/mol. The molecule has 1 aliphatic rings. The molecule has 0 amide bonds. The number of hydrogen-bond acceptors (Lipinski definition) is 6. The van der Waals surface area contributed by atoms with E-state index in [1.54, 1.807) is 31.5 Å². The van der Waals surface area contributed by atoms with Gasteiger partial charge in [0.05, 0.1) is 6.61 Å². The topological polar surface area (TPSA) is 107 Å². The Kier molecular flexibility index (Phi) is 6.86.